The van der Waals surface area contributed by atoms with Crippen molar-refractivity contribution in [3.05, 3.63) is 32.6 Å². The van der Waals surface area contributed by atoms with E-state index in [1.54, 1.807) is 6.92 Å². The van der Waals surface area contributed by atoms with Crippen LogP contribution in [0.1, 0.15) is 18.5 Å². The second-order valence-corrected chi connectivity index (χ2v) is 2.53. The highest BCUT2D eigenvalue weighted by molar-refractivity contribution is 5.47. The van der Waals surface area contributed by atoms with Gasteiger partial charge in [0.15, 0.2) is 0 Å². The summed E-state index contributed by atoms with van der Waals surface area (Å²) in [4.78, 5) is 36.2. The van der Waals surface area contributed by atoms with Crippen LogP contribution in [0.4, 0.5) is 0 Å². The minimum atomic E-state index is -0.563. The Kier molecular flexibility index (Phi) is 2.63. The molecule has 0 bridgehead atoms. The van der Waals surface area contributed by atoms with E-state index in [4.69, 9.17) is 0 Å². The van der Waals surface area contributed by atoms with Crippen molar-refractivity contribution in [1.29, 1.82) is 0 Å². The Hall–Kier alpha value is -1.85. The summed E-state index contributed by atoms with van der Waals surface area (Å²) in [6.07, 6.45) is 1.78. The zero-order valence-electron chi connectivity index (χ0n) is 6.96. The normalized spacial score (nSPS) is 12.1. The van der Waals surface area contributed by atoms with E-state index < -0.39 is 17.3 Å². The average Bonchev–Trinajstić information content (AvgIpc) is 2.04. The number of H-pyrrole nitrogens is 2. The first-order valence-electron chi connectivity index (χ1n) is 3.66. The van der Waals surface area contributed by atoms with Crippen LogP contribution in [-0.4, -0.2) is 16.4 Å². The van der Waals surface area contributed by atoms with Gasteiger partial charge in [-0.3, -0.25) is 14.6 Å². The van der Waals surface area contributed by atoms with Crippen LogP contribution in [0.3, 0.4) is 0 Å². The second kappa shape index (κ2) is 3.70. The van der Waals surface area contributed by atoms with Gasteiger partial charge in [0, 0.05) is 6.20 Å². The molecule has 1 atom stereocenters. The molecule has 0 radical (unpaired) electrons. The summed E-state index contributed by atoms with van der Waals surface area (Å²) in [5.41, 5.74) is -0.746. The molecule has 3 N–H and O–H groups in total. The molecule has 1 heterocycles. The molecule has 6 heteroatoms. The Morgan fingerprint density at radius 2 is 2.23 bits per heavy atom. The lowest BCUT2D eigenvalue weighted by Crippen LogP contribution is -2.29. The van der Waals surface area contributed by atoms with Crippen LogP contribution in [0.5, 0.6) is 0 Å². The molecule has 1 amide bonds. The minimum absolute atomic E-state index is 0.312. The van der Waals surface area contributed by atoms with Gasteiger partial charge in [-0.1, -0.05) is 0 Å². The van der Waals surface area contributed by atoms with Crippen LogP contribution < -0.4 is 16.6 Å². The van der Waals surface area contributed by atoms with E-state index in [1.807, 2.05) is 0 Å². The largest absolute Gasteiger partial charge is 0.352 e. The number of carbonyl (C=O) groups excluding carboxylic acids is 1. The molecular weight excluding hydrogens is 174 g/mol. The third kappa shape index (κ3) is 2.05. The van der Waals surface area contributed by atoms with Gasteiger partial charge in [-0.15, -0.1) is 0 Å². The van der Waals surface area contributed by atoms with Crippen LogP contribution in [0.2, 0.25) is 0 Å². The van der Waals surface area contributed by atoms with Crippen molar-refractivity contribution in [2.45, 2.75) is 13.0 Å². The van der Waals surface area contributed by atoms with Gasteiger partial charge in [-0.2, -0.15) is 0 Å². The number of aromatic amines is 2. The average molecular weight is 183 g/mol. The summed E-state index contributed by atoms with van der Waals surface area (Å²) < 4.78 is 0. The molecule has 1 aromatic heterocycles. The van der Waals surface area contributed by atoms with Crippen LogP contribution in [-0.2, 0) is 4.79 Å². The predicted octanol–water partition coefficient (Wildman–Crippen LogP) is -1.13. The first-order chi connectivity index (χ1) is 6.15. The molecule has 0 aliphatic carbocycles. The van der Waals surface area contributed by atoms with Gasteiger partial charge in [0.05, 0.1) is 11.6 Å². The molecule has 0 fully saturated rings. The smallest absolute Gasteiger partial charge is 0.325 e. The Bertz CT molecular complexity index is 406. The topological polar surface area (TPSA) is 94.8 Å². The van der Waals surface area contributed by atoms with Crippen molar-refractivity contribution in [3.8, 4) is 0 Å². The third-order valence-corrected chi connectivity index (χ3v) is 1.63. The maximum Gasteiger partial charge on any atom is 0.325 e. The van der Waals surface area contributed by atoms with E-state index in [9.17, 15) is 14.4 Å². The van der Waals surface area contributed by atoms with Crippen LogP contribution in [0.25, 0.3) is 0 Å². The van der Waals surface area contributed by atoms with Gasteiger partial charge >= 0.3 is 5.69 Å². The summed E-state index contributed by atoms with van der Waals surface area (Å²) in [5.74, 6) is 0. The summed E-state index contributed by atoms with van der Waals surface area (Å²) in [7, 11) is 0. The first-order valence-corrected chi connectivity index (χ1v) is 3.66. The highest BCUT2D eigenvalue weighted by Gasteiger charge is 2.07. The molecule has 1 rings (SSSR count). The number of hydrogen-bond acceptors (Lipinski definition) is 3. The third-order valence-electron chi connectivity index (χ3n) is 1.63. The molecule has 0 spiro atoms. The molecule has 0 aromatic carbocycles. The molecular formula is C7H9N3O3. The second-order valence-electron chi connectivity index (χ2n) is 2.53. The van der Waals surface area contributed by atoms with E-state index in [0.29, 0.717) is 12.0 Å². The molecule has 13 heavy (non-hydrogen) atoms. The summed E-state index contributed by atoms with van der Waals surface area (Å²) >= 11 is 0. The van der Waals surface area contributed by atoms with Crippen LogP contribution in [0.15, 0.2) is 15.8 Å². The van der Waals surface area contributed by atoms with Crippen LogP contribution >= 0.6 is 0 Å². The van der Waals surface area contributed by atoms with E-state index in [2.05, 4.69) is 15.3 Å². The lowest BCUT2D eigenvalue weighted by Gasteiger charge is -2.07. The fourth-order valence-electron chi connectivity index (χ4n) is 0.934. The van der Waals surface area contributed by atoms with Gasteiger partial charge in [0.25, 0.3) is 5.56 Å². The molecule has 1 aromatic rings. The Morgan fingerprint density at radius 3 is 2.77 bits per heavy atom. The quantitative estimate of drug-likeness (QED) is 0.517. The van der Waals surface area contributed by atoms with Crippen molar-refractivity contribution in [2.75, 3.05) is 0 Å². The van der Waals surface area contributed by atoms with Gasteiger partial charge in [0.2, 0.25) is 6.41 Å². The van der Waals surface area contributed by atoms with Crippen molar-refractivity contribution in [3.63, 3.8) is 0 Å². The molecule has 70 valence electrons. The Labute approximate surface area is 73.0 Å². The van der Waals surface area contributed by atoms with E-state index in [-0.39, 0.29) is 0 Å². The van der Waals surface area contributed by atoms with Gasteiger partial charge in [-0.25, -0.2) is 4.79 Å². The maximum absolute atomic E-state index is 11.1. The van der Waals surface area contributed by atoms with Crippen molar-refractivity contribution in [1.82, 2.24) is 15.3 Å². The molecule has 1 unspecified atom stereocenters. The van der Waals surface area contributed by atoms with Crippen molar-refractivity contribution >= 4 is 6.41 Å². The van der Waals surface area contributed by atoms with Gasteiger partial charge < -0.3 is 10.3 Å². The SMILES string of the molecule is CC(NC=O)c1c[nH]c(=O)[nH]c1=O. The predicted molar refractivity (Wildman–Crippen MR) is 45.3 cm³/mol. The first kappa shape index (κ1) is 9.24. The highest BCUT2D eigenvalue weighted by Crippen LogP contribution is 2.01. The van der Waals surface area contributed by atoms with E-state index in [0.717, 1.165) is 0 Å². The number of rotatable bonds is 3. The Morgan fingerprint density at radius 1 is 1.54 bits per heavy atom. The van der Waals surface area contributed by atoms with Gasteiger partial charge in [0.1, 0.15) is 0 Å². The zero-order valence-corrected chi connectivity index (χ0v) is 6.96. The lowest BCUT2D eigenvalue weighted by molar-refractivity contribution is -0.110. The lowest BCUT2D eigenvalue weighted by atomic mass is 10.2. The molecule has 6 nitrogen and oxygen atoms in total. The fourth-order valence-corrected chi connectivity index (χ4v) is 0.934. The summed E-state index contributed by atoms with van der Waals surface area (Å²) in [5, 5.41) is 2.40. The van der Waals surface area contributed by atoms with Crippen molar-refractivity contribution in [2.24, 2.45) is 0 Å². The number of amides is 1. The molecule has 0 saturated carbocycles. The fraction of sp³-hybridized carbons (Fsp3) is 0.286. The number of hydrogen-bond donors (Lipinski definition) is 3. The number of carbonyl (C=O) groups is 1. The monoisotopic (exact) mass is 183 g/mol. The molecule has 0 aliphatic heterocycles. The summed E-state index contributed by atoms with van der Waals surface area (Å²) in [6, 6.07) is -0.418. The summed E-state index contributed by atoms with van der Waals surface area (Å²) in [6.45, 7) is 1.64. The molecule has 0 saturated heterocycles. The highest BCUT2D eigenvalue weighted by atomic mass is 16.2. The zero-order chi connectivity index (χ0) is 9.84. The van der Waals surface area contributed by atoms with E-state index >= 15 is 0 Å². The van der Waals surface area contributed by atoms with E-state index in [1.165, 1.54) is 6.20 Å². The number of nitrogens with one attached hydrogen (secondary N) is 3. The number of aromatic nitrogens is 2. The van der Waals surface area contributed by atoms with Gasteiger partial charge in [-0.05, 0) is 6.92 Å². The molecule has 0 aliphatic rings. The standard InChI is InChI=1S/C7H9N3O3/c1-4(9-3-11)5-2-8-7(13)10-6(5)12/h2-4H,1H3,(H,9,11)(H2,8,10,12,13). The maximum atomic E-state index is 11.1. The minimum Gasteiger partial charge on any atom is -0.352 e. The van der Waals surface area contributed by atoms with Crippen molar-refractivity contribution < 1.29 is 4.79 Å². The Balaban J connectivity index is 3.08. The van der Waals surface area contributed by atoms with Crippen LogP contribution in [0, 0.1) is 0 Å².